The van der Waals surface area contributed by atoms with E-state index in [-0.39, 0.29) is 5.75 Å². The Morgan fingerprint density at radius 2 is 1.65 bits per heavy atom. The van der Waals surface area contributed by atoms with Crippen LogP contribution in [-0.4, -0.2) is 51.7 Å². The normalized spacial score (nSPS) is 11.1. The third-order valence-electron chi connectivity index (χ3n) is 4.46. The Bertz CT molecular complexity index is 1120. The maximum atomic E-state index is 12.3. The van der Waals surface area contributed by atoms with Crippen molar-refractivity contribution in [2.45, 2.75) is 38.4 Å². The first-order valence-electron chi connectivity index (χ1n) is 10.8. The van der Waals surface area contributed by atoms with Gasteiger partial charge in [-0.2, -0.15) is 0 Å². The van der Waals surface area contributed by atoms with Crippen LogP contribution in [0.5, 0.6) is 11.5 Å². The van der Waals surface area contributed by atoms with Crippen molar-refractivity contribution in [1.82, 2.24) is 25.4 Å². The van der Waals surface area contributed by atoms with Crippen LogP contribution in [0.1, 0.15) is 27.7 Å². The van der Waals surface area contributed by atoms with Gasteiger partial charge < -0.3 is 14.8 Å². The van der Waals surface area contributed by atoms with Crippen molar-refractivity contribution >= 4 is 23.7 Å². The van der Waals surface area contributed by atoms with E-state index in [0.717, 1.165) is 22.7 Å². The molecule has 0 aliphatic carbocycles. The molecule has 2 N–H and O–H groups in total. The van der Waals surface area contributed by atoms with Gasteiger partial charge in [-0.1, -0.05) is 11.8 Å². The predicted molar refractivity (Wildman–Crippen MR) is 132 cm³/mol. The molecule has 0 unspecified atom stereocenters. The predicted octanol–water partition coefficient (Wildman–Crippen LogP) is 4.06. The zero-order valence-corrected chi connectivity index (χ0v) is 20.7. The molecule has 0 radical (unpaired) electrons. The van der Waals surface area contributed by atoms with Crippen molar-refractivity contribution in [2.75, 3.05) is 19.5 Å². The van der Waals surface area contributed by atoms with Crippen LogP contribution >= 0.6 is 11.8 Å². The SMILES string of the molecule is CCOc1ccc(-n2c(SCC(=O)NC(=O)NC(C)(C)C)nnc2-c2ccc(OC)cc2)cc1. The lowest BCUT2D eigenvalue weighted by atomic mass is 10.1. The summed E-state index contributed by atoms with van der Waals surface area (Å²) < 4.78 is 12.7. The van der Waals surface area contributed by atoms with Crippen LogP contribution < -0.4 is 20.1 Å². The van der Waals surface area contributed by atoms with Crippen molar-refractivity contribution < 1.29 is 19.1 Å². The second-order valence-corrected chi connectivity index (χ2v) is 9.28. The summed E-state index contributed by atoms with van der Waals surface area (Å²) in [5.41, 5.74) is 1.20. The third kappa shape index (κ3) is 6.74. The molecule has 3 rings (SSSR count). The fourth-order valence-electron chi connectivity index (χ4n) is 3.05. The number of amides is 3. The number of hydrogen-bond donors (Lipinski definition) is 2. The minimum absolute atomic E-state index is 0.00462. The van der Waals surface area contributed by atoms with Gasteiger partial charge in [-0.05, 0) is 76.2 Å². The molecular weight excluding hydrogens is 454 g/mol. The Morgan fingerprint density at radius 1 is 1.00 bits per heavy atom. The van der Waals surface area contributed by atoms with Gasteiger partial charge in [-0.15, -0.1) is 10.2 Å². The number of ether oxygens (including phenoxy) is 2. The lowest BCUT2D eigenvalue weighted by Gasteiger charge is -2.20. The number of imide groups is 1. The summed E-state index contributed by atoms with van der Waals surface area (Å²) in [6, 6.07) is 14.5. The Morgan fingerprint density at radius 3 is 2.24 bits per heavy atom. The van der Waals surface area contributed by atoms with Gasteiger partial charge in [0.1, 0.15) is 11.5 Å². The second kappa shape index (κ2) is 11.1. The lowest BCUT2D eigenvalue weighted by molar-refractivity contribution is -0.117. The molecule has 0 aliphatic heterocycles. The Hall–Kier alpha value is -3.53. The van der Waals surface area contributed by atoms with Crippen molar-refractivity contribution in [3.05, 3.63) is 48.5 Å². The number of methoxy groups -OCH3 is 1. The molecule has 0 saturated carbocycles. The first kappa shape index (κ1) is 25.1. The summed E-state index contributed by atoms with van der Waals surface area (Å²) in [4.78, 5) is 24.3. The van der Waals surface area contributed by atoms with E-state index in [9.17, 15) is 9.59 Å². The van der Waals surface area contributed by atoms with Gasteiger partial charge in [0.05, 0.1) is 19.5 Å². The molecule has 180 valence electrons. The lowest BCUT2D eigenvalue weighted by Crippen LogP contribution is -2.48. The number of hydrogen-bond acceptors (Lipinski definition) is 7. The van der Waals surface area contributed by atoms with E-state index >= 15 is 0 Å². The van der Waals surface area contributed by atoms with Gasteiger partial charge in [0, 0.05) is 16.8 Å². The van der Waals surface area contributed by atoms with E-state index in [4.69, 9.17) is 9.47 Å². The van der Waals surface area contributed by atoms with Crippen LogP contribution in [0, 0.1) is 0 Å². The number of nitrogens with one attached hydrogen (secondary N) is 2. The molecule has 0 spiro atoms. The van der Waals surface area contributed by atoms with Crippen molar-refractivity contribution in [3.8, 4) is 28.6 Å². The number of carbonyl (C=O) groups is 2. The number of thioether (sulfide) groups is 1. The summed E-state index contributed by atoms with van der Waals surface area (Å²) in [6.07, 6.45) is 0. The fraction of sp³-hybridized carbons (Fsp3) is 0.333. The van der Waals surface area contributed by atoms with Crippen LogP contribution in [0.2, 0.25) is 0 Å². The van der Waals surface area contributed by atoms with Crippen LogP contribution in [0.25, 0.3) is 17.1 Å². The smallest absolute Gasteiger partial charge is 0.321 e. The van der Waals surface area contributed by atoms with Gasteiger partial charge in [0.2, 0.25) is 5.91 Å². The highest BCUT2D eigenvalue weighted by atomic mass is 32.2. The molecule has 0 bridgehead atoms. The first-order valence-corrected chi connectivity index (χ1v) is 11.8. The number of rotatable bonds is 8. The summed E-state index contributed by atoms with van der Waals surface area (Å²) in [6.45, 7) is 8.02. The van der Waals surface area contributed by atoms with E-state index in [1.54, 1.807) is 7.11 Å². The first-order chi connectivity index (χ1) is 16.2. The Balaban J connectivity index is 1.85. The van der Waals surface area contributed by atoms with Crippen molar-refractivity contribution in [3.63, 3.8) is 0 Å². The number of urea groups is 1. The van der Waals surface area contributed by atoms with Gasteiger partial charge in [-0.25, -0.2) is 4.79 Å². The summed E-state index contributed by atoms with van der Waals surface area (Å²) in [5, 5.41) is 14.2. The maximum absolute atomic E-state index is 12.3. The zero-order valence-electron chi connectivity index (χ0n) is 19.9. The van der Waals surface area contributed by atoms with E-state index in [1.807, 2.05) is 80.8 Å². The van der Waals surface area contributed by atoms with E-state index in [0.29, 0.717) is 17.6 Å². The standard InChI is InChI=1S/C24H29N5O4S/c1-6-33-19-13-9-17(10-14-19)29-21(16-7-11-18(32-5)12-8-16)27-28-23(29)34-15-20(30)25-22(31)26-24(2,3)4/h7-14H,6,15H2,1-5H3,(H2,25,26,30,31). The molecule has 10 heteroatoms. The summed E-state index contributed by atoms with van der Waals surface area (Å²) >= 11 is 1.19. The van der Waals surface area contributed by atoms with Gasteiger partial charge in [0.25, 0.3) is 0 Å². The highest BCUT2D eigenvalue weighted by Gasteiger charge is 2.19. The number of carbonyl (C=O) groups excluding carboxylic acids is 2. The zero-order chi connectivity index (χ0) is 24.7. The van der Waals surface area contributed by atoms with Gasteiger partial charge in [0.15, 0.2) is 11.0 Å². The molecule has 9 nitrogen and oxygen atoms in total. The van der Waals surface area contributed by atoms with Crippen LogP contribution in [0.15, 0.2) is 53.7 Å². The highest BCUT2D eigenvalue weighted by Crippen LogP contribution is 2.29. The molecule has 1 heterocycles. The van der Waals surface area contributed by atoms with Crippen molar-refractivity contribution in [2.24, 2.45) is 0 Å². The van der Waals surface area contributed by atoms with Crippen LogP contribution in [0.3, 0.4) is 0 Å². The average molecular weight is 484 g/mol. The third-order valence-corrected chi connectivity index (χ3v) is 5.39. The minimum atomic E-state index is -0.537. The molecule has 0 atom stereocenters. The largest absolute Gasteiger partial charge is 0.497 e. The summed E-state index contributed by atoms with van der Waals surface area (Å²) in [7, 11) is 1.61. The van der Waals surface area contributed by atoms with Gasteiger partial charge >= 0.3 is 6.03 Å². The quantitative estimate of drug-likeness (QED) is 0.465. The van der Waals surface area contributed by atoms with Crippen LogP contribution in [0.4, 0.5) is 4.79 Å². The molecule has 34 heavy (non-hydrogen) atoms. The number of nitrogens with zero attached hydrogens (tertiary/aromatic N) is 3. The molecular formula is C24H29N5O4S. The molecule has 0 saturated heterocycles. The van der Waals surface area contributed by atoms with Crippen LogP contribution in [-0.2, 0) is 4.79 Å². The molecule has 0 fully saturated rings. The second-order valence-electron chi connectivity index (χ2n) is 8.34. The van der Waals surface area contributed by atoms with Gasteiger partial charge in [-0.3, -0.25) is 14.7 Å². The molecule has 2 aromatic carbocycles. The minimum Gasteiger partial charge on any atom is -0.497 e. The molecule has 1 aromatic heterocycles. The number of aromatic nitrogens is 3. The highest BCUT2D eigenvalue weighted by molar-refractivity contribution is 7.99. The van der Waals surface area contributed by atoms with E-state index in [1.165, 1.54) is 11.8 Å². The molecule has 3 amide bonds. The monoisotopic (exact) mass is 483 g/mol. The maximum Gasteiger partial charge on any atom is 0.321 e. The van der Waals surface area contributed by atoms with E-state index in [2.05, 4.69) is 20.8 Å². The van der Waals surface area contributed by atoms with E-state index < -0.39 is 17.5 Å². The van der Waals surface area contributed by atoms with Crippen molar-refractivity contribution in [1.29, 1.82) is 0 Å². The average Bonchev–Trinajstić information content (AvgIpc) is 3.21. The topological polar surface area (TPSA) is 107 Å². The Labute approximate surface area is 203 Å². The fourth-order valence-corrected chi connectivity index (χ4v) is 3.80. The Kier molecular flexibility index (Phi) is 8.17. The molecule has 3 aromatic rings. The summed E-state index contributed by atoms with van der Waals surface area (Å²) in [5.74, 6) is 1.66. The molecule has 0 aliphatic rings. The number of benzene rings is 2.